The van der Waals surface area contributed by atoms with Gasteiger partial charge in [-0.15, -0.1) is 0 Å². The van der Waals surface area contributed by atoms with Crippen molar-refractivity contribution in [2.45, 2.75) is 33.5 Å². The Kier molecular flexibility index (Phi) is 5.35. The molecule has 0 aliphatic heterocycles. The topological polar surface area (TPSA) is 9.23 Å². The van der Waals surface area contributed by atoms with Gasteiger partial charge in [-0.05, 0) is 35.7 Å². The highest BCUT2D eigenvalue weighted by molar-refractivity contribution is 5.86. The Hall–Kier alpha value is -2.12. The maximum atomic E-state index is 6.23. The lowest BCUT2D eigenvalue weighted by atomic mass is 9.95. The minimum absolute atomic E-state index is 0. The number of ether oxygens (including phenoxy) is 1. The van der Waals surface area contributed by atoms with E-state index in [0.29, 0.717) is 0 Å². The molecule has 0 saturated carbocycles. The first-order valence-corrected chi connectivity index (χ1v) is 7.44. The fraction of sp³-hybridized carbons (Fsp3) is 0.238. The largest absolute Gasteiger partial charge is 0.366 e. The Labute approximate surface area is 133 Å². The Morgan fingerprint density at radius 1 is 0.727 bits per heavy atom. The molecule has 114 valence electrons. The normalized spacial score (nSPS) is 12.1. The maximum absolute atomic E-state index is 6.23. The molecule has 1 heteroatoms. The van der Waals surface area contributed by atoms with Gasteiger partial charge in [0.05, 0.1) is 6.10 Å². The van der Waals surface area contributed by atoms with Crippen molar-refractivity contribution in [1.82, 2.24) is 0 Å². The summed E-state index contributed by atoms with van der Waals surface area (Å²) in [5, 5.41) is 2.51. The third kappa shape index (κ3) is 3.37. The van der Waals surface area contributed by atoms with Gasteiger partial charge in [-0.3, -0.25) is 0 Å². The first kappa shape index (κ1) is 16.3. The standard InChI is InChI=1S/C20H20O.CH4/c1-15(2)21-20(17-10-4-3-5-11-17)19-14-8-12-16-9-6-7-13-18(16)19;/h3-15,20H,1-2H3;1H4. The third-order valence-electron chi connectivity index (χ3n) is 3.62. The minimum Gasteiger partial charge on any atom is -0.366 e. The van der Waals surface area contributed by atoms with Crippen LogP contribution in [0.1, 0.15) is 38.5 Å². The van der Waals surface area contributed by atoms with Gasteiger partial charge in [-0.2, -0.15) is 0 Å². The second-order valence-corrected chi connectivity index (χ2v) is 5.54. The molecule has 0 amide bonds. The smallest absolute Gasteiger partial charge is 0.108 e. The average molecular weight is 292 g/mol. The zero-order valence-corrected chi connectivity index (χ0v) is 12.5. The Balaban J connectivity index is 0.00000176. The van der Waals surface area contributed by atoms with E-state index in [1.165, 1.54) is 21.9 Å². The van der Waals surface area contributed by atoms with Crippen molar-refractivity contribution in [2.75, 3.05) is 0 Å². The molecule has 0 spiro atoms. The quantitative estimate of drug-likeness (QED) is 0.574. The van der Waals surface area contributed by atoms with Crippen molar-refractivity contribution in [3.63, 3.8) is 0 Å². The molecule has 3 aromatic carbocycles. The first-order valence-electron chi connectivity index (χ1n) is 7.44. The van der Waals surface area contributed by atoms with E-state index in [1.54, 1.807) is 0 Å². The van der Waals surface area contributed by atoms with Crippen LogP contribution in [0.2, 0.25) is 0 Å². The van der Waals surface area contributed by atoms with Gasteiger partial charge in [0, 0.05) is 0 Å². The highest BCUT2D eigenvalue weighted by Crippen LogP contribution is 2.32. The first-order chi connectivity index (χ1) is 10.3. The zero-order chi connectivity index (χ0) is 14.7. The van der Waals surface area contributed by atoms with Crippen LogP contribution in [0.4, 0.5) is 0 Å². The maximum Gasteiger partial charge on any atom is 0.108 e. The van der Waals surface area contributed by atoms with Crippen LogP contribution in [0.15, 0.2) is 72.8 Å². The summed E-state index contributed by atoms with van der Waals surface area (Å²) in [5.41, 5.74) is 2.43. The molecule has 0 bridgehead atoms. The van der Waals surface area contributed by atoms with Crippen molar-refractivity contribution in [2.24, 2.45) is 0 Å². The van der Waals surface area contributed by atoms with E-state index in [-0.39, 0.29) is 19.6 Å². The molecule has 0 aliphatic carbocycles. The minimum atomic E-state index is -0.0303. The van der Waals surface area contributed by atoms with Crippen LogP contribution >= 0.6 is 0 Å². The van der Waals surface area contributed by atoms with Crippen LogP contribution < -0.4 is 0 Å². The lowest BCUT2D eigenvalue weighted by Crippen LogP contribution is -2.12. The molecule has 1 atom stereocenters. The Bertz CT molecular complexity index is 711. The predicted octanol–water partition coefficient (Wildman–Crippen LogP) is 5.99. The van der Waals surface area contributed by atoms with Crippen molar-refractivity contribution < 1.29 is 4.74 Å². The van der Waals surface area contributed by atoms with E-state index in [1.807, 2.05) is 6.07 Å². The SMILES string of the molecule is C.CC(C)OC(c1ccccc1)c1cccc2ccccc12. The van der Waals surface area contributed by atoms with Crippen molar-refractivity contribution >= 4 is 10.8 Å². The van der Waals surface area contributed by atoms with Crippen molar-refractivity contribution in [3.05, 3.63) is 83.9 Å². The fourth-order valence-electron chi connectivity index (χ4n) is 2.71. The van der Waals surface area contributed by atoms with E-state index in [2.05, 4.69) is 80.6 Å². The van der Waals surface area contributed by atoms with E-state index >= 15 is 0 Å². The molecular formula is C21H24O. The molecule has 0 N–H and O–H groups in total. The second-order valence-electron chi connectivity index (χ2n) is 5.54. The number of fused-ring (bicyclic) bond motifs is 1. The van der Waals surface area contributed by atoms with Gasteiger partial charge >= 0.3 is 0 Å². The van der Waals surface area contributed by atoms with E-state index in [0.717, 1.165) is 0 Å². The van der Waals surface area contributed by atoms with Gasteiger partial charge in [0.2, 0.25) is 0 Å². The van der Waals surface area contributed by atoms with E-state index < -0.39 is 0 Å². The molecule has 22 heavy (non-hydrogen) atoms. The molecule has 1 nitrogen and oxygen atoms in total. The van der Waals surface area contributed by atoms with Gasteiger partial charge in [-0.25, -0.2) is 0 Å². The molecule has 0 fully saturated rings. The van der Waals surface area contributed by atoms with Crippen LogP contribution in [0, 0.1) is 0 Å². The molecule has 3 rings (SSSR count). The molecule has 0 heterocycles. The van der Waals surface area contributed by atoms with Gasteiger partial charge in [0.15, 0.2) is 0 Å². The third-order valence-corrected chi connectivity index (χ3v) is 3.62. The van der Waals surface area contributed by atoms with Crippen molar-refractivity contribution in [3.8, 4) is 0 Å². The average Bonchev–Trinajstić information content (AvgIpc) is 2.53. The molecule has 0 aromatic heterocycles. The number of hydrogen-bond donors (Lipinski definition) is 0. The molecule has 0 saturated heterocycles. The Morgan fingerprint density at radius 3 is 2.09 bits per heavy atom. The lowest BCUT2D eigenvalue weighted by Gasteiger charge is -2.23. The summed E-state index contributed by atoms with van der Waals surface area (Å²) in [6.07, 6.45) is 0.145. The van der Waals surface area contributed by atoms with Crippen LogP contribution in [0.25, 0.3) is 10.8 Å². The monoisotopic (exact) mass is 292 g/mol. The van der Waals surface area contributed by atoms with Crippen LogP contribution in [-0.4, -0.2) is 6.10 Å². The molecule has 3 aromatic rings. The highest BCUT2D eigenvalue weighted by Gasteiger charge is 2.18. The number of benzene rings is 3. The number of rotatable bonds is 4. The van der Waals surface area contributed by atoms with Gasteiger partial charge < -0.3 is 4.74 Å². The summed E-state index contributed by atoms with van der Waals surface area (Å²) in [5.74, 6) is 0. The molecule has 0 aliphatic rings. The van der Waals surface area contributed by atoms with E-state index in [4.69, 9.17) is 4.74 Å². The highest BCUT2D eigenvalue weighted by atomic mass is 16.5. The summed E-state index contributed by atoms with van der Waals surface area (Å²) < 4.78 is 6.23. The summed E-state index contributed by atoms with van der Waals surface area (Å²) >= 11 is 0. The van der Waals surface area contributed by atoms with Crippen LogP contribution in [0.5, 0.6) is 0 Å². The van der Waals surface area contributed by atoms with Crippen LogP contribution in [0.3, 0.4) is 0 Å². The van der Waals surface area contributed by atoms with Gasteiger partial charge in [0.25, 0.3) is 0 Å². The summed E-state index contributed by atoms with van der Waals surface area (Å²) in [6, 6.07) is 25.4. The van der Waals surface area contributed by atoms with E-state index in [9.17, 15) is 0 Å². The second kappa shape index (κ2) is 7.24. The fourth-order valence-corrected chi connectivity index (χ4v) is 2.71. The molecule has 1 unspecified atom stereocenters. The van der Waals surface area contributed by atoms with Crippen LogP contribution in [-0.2, 0) is 4.74 Å². The van der Waals surface area contributed by atoms with Crippen molar-refractivity contribution in [1.29, 1.82) is 0 Å². The lowest BCUT2D eigenvalue weighted by molar-refractivity contribution is 0.0312. The summed E-state index contributed by atoms with van der Waals surface area (Å²) in [6.45, 7) is 4.17. The van der Waals surface area contributed by atoms with Gasteiger partial charge in [-0.1, -0.05) is 80.2 Å². The number of hydrogen-bond acceptors (Lipinski definition) is 1. The zero-order valence-electron chi connectivity index (χ0n) is 12.5. The summed E-state index contributed by atoms with van der Waals surface area (Å²) in [4.78, 5) is 0. The van der Waals surface area contributed by atoms with Gasteiger partial charge in [0.1, 0.15) is 6.10 Å². The predicted molar refractivity (Wildman–Crippen MR) is 95.2 cm³/mol. The molecular weight excluding hydrogens is 268 g/mol. The molecule has 0 radical (unpaired) electrons. The Morgan fingerprint density at radius 2 is 1.36 bits per heavy atom. The summed E-state index contributed by atoms with van der Waals surface area (Å²) in [7, 11) is 0.